The van der Waals surface area contributed by atoms with E-state index in [0.717, 1.165) is 49.4 Å². The van der Waals surface area contributed by atoms with Gasteiger partial charge in [-0.15, -0.1) is 0 Å². The quantitative estimate of drug-likeness (QED) is 0.165. The van der Waals surface area contributed by atoms with E-state index in [9.17, 15) is 4.79 Å². The smallest absolute Gasteiger partial charge is 0.304 e. The maximum atomic E-state index is 12.4. The van der Waals surface area contributed by atoms with Gasteiger partial charge in [0.25, 0.3) is 0 Å². The number of benzene rings is 5. The van der Waals surface area contributed by atoms with E-state index in [4.69, 9.17) is 4.74 Å². The molecule has 0 amide bonds. The summed E-state index contributed by atoms with van der Waals surface area (Å²) in [5, 5.41) is 4.39. The summed E-state index contributed by atoms with van der Waals surface area (Å²) in [6.07, 6.45) is 0. The lowest BCUT2D eigenvalue weighted by molar-refractivity contribution is -0.149. The van der Waals surface area contributed by atoms with Gasteiger partial charge in [0.2, 0.25) is 5.60 Å². The predicted molar refractivity (Wildman–Crippen MR) is 140 cm³/mol. The summed E-state index contributed by atoms with van der Waals surface area (Å²) in [5.74, 6) is 12.8. The SMILES string of the molecule is CC(=O)OC1(C#Cc2ccccc2C#Cc2ccccc2)c2cccc3ccc4cccc1c4c23. The summed E-state index contributed by atoms with van der Waals surface area (Å²) in [4.78, 5) is 12.4. The molecule has 0 bridgehead atoms. The van der Waals surface area contributed by atoms with Crippen LogP contribution in [0.1, 0.15) is 34.7 Å². The van der Waals surface area contributed by atoms with Gasteiger partial charge < -0.3 is 4.74 Å². The van der Waals surface area contributed by atoms with Crippen molar-refractivity contribution in [2.45, 2.75) is 12.5 Å². The lowest BCUT2D eigenvalue weighted by atomic mass is 9.90. The second kappa shape index (κ2) is 8.21. The number of esters is 1. The van der Waals surface area contributed by atoms with E-state index in [1.54, 1.807) is 0 Å². The number of rotatable bonds is 1. The second-order valence-corrected chi connectivity index (χ2v) is 8.56. The van der Waals surface area contributed by atoms with Gasteiger partial charge in [0.1, 0.15) is 0 Å². The molecule has 0 saturated heterocycles. The van der Waals surface area contributed by atoms with Crippen LogP contribution >= 0.6 is 0 Å². The molecule has 6 rings (SSSR count). The molecule has 0 unspecified atom stereocenters. The molecule has 35 heavy (non-hydrogen) atoms. The van der Waals surface area contributed by atoms with Gasteiger partial charge in [-0.25, -0.2) is 0 Å². The van der Waals surface area contributed by atoms with Gasteiger partial charge in [-0.1, -0.05) is 96.6 Å². The highest BCUT2D eigenvalue weighted by Crippen LogP contribution is 2.49. The van der Waals surface area contributed by atoms with Crippen LogP contribution in [0, 0.1) is 23.7 Å². The zero-order valence-electron chi connectivity index (χ0n) is 19.1. The molecule has 0 fully saturated rings. The first kappa shape index (κ1) is 20.8. The van der Waals surface area contributed by atoms with E-state index in [0.29, 0.717) is 0 Å². The second-order valence-electron chi connectivity index (χ2n) is 8.56. The summed E-state index contributed by atoms with van der Waals surface area (Å²) < 4.78 is 6.10. The maximum absolute atomic E-state index is 12.4. The highest BCUT2D eigenvalue weighted by molar-refractivity contribution is 6.15. The van der Waals surface area contributed by atoms with Crippen molar-refractivity contribution in [3.63, 3.8) is 0 Å². The van der Waals surface area contributed by atoms with Crippen molar-refractivity contribution in [2.24, 2.45) is 0 Å². The molecule has 1 aliphatic rings. The van der Waals surface area contributed by atoms with Crippen LogP contribution in [0.3, 0.4) is 0 Å². The summed E-state index contributed by atoms with van der Waals surface area (Å²) in [6.45, 7) is 1.44. The zero-order chi connectivity index (χ0) is 23.8. The van der Waals surface area contributed by atoms with Crippen molar-refractivity contribution in [3.8, 4) is 23.7 Å². The monoisotopic (exact) mass is 448 g/mol. The molecule has 2 nitrogen and oxygen atoms in total. The minimum absolute atomic E-state index is 0.377. The van der Waals surface area contributed by atoms with Gasteiger partial charge in [0.15, 0.2) is 0 Å². The minimum atomic E-state index is -1.19. The molecule has 0 saturated carbocycles. The lowest BCUT2D eigenvalue weighted by Gasteiger charge is -2.26. The van der Waals surface area contributed by atoms with Crippen molar-refractivity contribution in [1.29, 1.82) is 0 Å². The molecule has 0 atom stereocenters. The Balaban J connectivity index is 1.56. The standard InChI is InChI=1S/C33H20O2/c1-23(34)35-33(22-21-26-12-6-5-11-25(26)18-17-24-9-3-2-4-10-24)29-15-7-13-27-19-20-28-14-8-16-30(33)32(28)31(27)29/h2-16,19-20H,1H3. The van der Waals surface area contributed by atoms with Crippen molar-refractivity contribution >= 4 is 27.5 Å². The third-order valence-electron chi connectivity index (χ3n) is 6.36. The van der Waals surface area contributed by atoms with E-state index >= 15 is 0 Å². The highest BCUT2D eigenvalue weighted by Gasteiger charge is 2.44. The molecule has 0 radical (unpaired) electrons. The average Bonchev–Trinajstić information content (AvgIpc) is 3.17. The number of ether oxygens (including phenoxy) is 1. The molecule has 2 heteroatoms. The van der Waals surface area contributed by atoms with Gasteiger partial charge >= 0.3 is 5.97 Å². The van der Waals surface area contributed by atoms with Crippen LogP contribution in [0.5, 0.6) is 0 Å². The molecule has 5 aromatic carbocycles. The number of carbonyl (C=O) groups excluding carboxylic acids is 1. The molecule has 0 aromatic heterocycles. The molecule has 0 spiro atoms. The van der Waals surface area contributed by atoms with Crippen LogP contribution in [0.4, 0.5) is 0 Å². The summed E-state index contributed by atoms with van der Waals surface area (Å²) in [6, 6.07) is 34.1. The maximum Gasteiger partial charge on any atom is 0.304 e. The first-order valence-corrected chi connectivity index (χ1v) is 11.5. The fourth-order valence-corrected chi connectivity index (χ4v) is 4.89. The van der Waals surface area contributed by atoms with Crippen molar-refractivity contribution in [1.82, 2.24) is 0 Å². The Labute approximate surface area is 204 Å². The summed E-state index contributed by atoms with van der Waals surface area (Å²) in [7, 11) is 0. The van der Waals surface area contributed by atoms with Crippen LogP contribution in [-0.4, -0.2) is 5.97 Å². The Hall–Kier alpha value is -4.79. The van der Waals surface area contributed by atoms with E-state index in [1.165, 1.54) is 6.92 Å². The van der Waals surface area contributed by atoms with Gasteiger partial charge in [-0.3, -0.25) is 4.79 Å². The van der Waals surface area contributed by atoms with E-state index < -0.39 is 5.60 Å². The summed E-state index contributed by atoms with van der Waals surface area (Å²) in [5.41, 5.74) is 3.17. The van der Waals surface area contributed by atoms with Crippen LogP contribution in [-0.2, 0) is 15.1 Å². The van der Waals surface area contributed by atoms with Gasteiger partial charge in [0.05, 0.1) is 0 Å². The lowest BCUT2D eigenvalue weighted by Crippen LogP contribution is -2.29. The van der Waals surface area contributed by atoms with Crippen molar-refractivity contribution in [3.05, 3.63) is 131 Å². The minimum Gasteiger partial charge on any atom is -0.437 e. The highest BCUT2D eigenvalue weighted by atomic mass is 16.6. The molecule has 164 valence electrons. The Morgan fingerprint density at radius 2 is 1.20 bits per heavy atom. The van der Waals surface area contributed by atoms with Gasteiger partial charge in [-0.2, -0.15) is 0 Å². The molecule has 0 N–H and O–H groups in total. The van der Waals surface area contributed by atoms with Crippen LogP contribution in [0.2, 0.25) is 0 Å². The fraction of sp³-hybridized carbons (Fsp3) is 0.0606. The first-order chi connectivity index (χ1) is 17.2. The van der Waals surface area contributed by atoms with E-state index in [1.807, 2.05) is 78.9 Å². The first-order valence-electron chi connectivity index (χ1n) is 11.5. The topological polar surface area (TPSA) is 26.3 Å². The number of carbonyl (C=O) groups is 1. The Morgan fingerprint density at radius 3 is 1.80 bits per heavy atom. The van der Waals surface area contributed by atoms with Crippen LogP contribution in [0.15, 0.2) is 103 Å². The molecular weight excluding hydrogens is 428 g/mol. The molecule has 0 aliphatic heterocycles. The zero-order valence-corrected chi connectivity index (χ0v) is 19.1. The van der Waals surface area contributed by atoms with E-state index in [-0.39, 0.29) is 5.97 Å². The van der Waals surface area contributed by atoms with Crippen LogP contribution < -0.4 is 0 Å². The largest absolute Gasteiger partial charge is 0.437 e. The normalized spacial score (nSPS) is 12.6. The average molecular weight is 449 g/mol. The fourth-order valence-electron chi connectivity index (χ4n) is 4.89. The van der Waals surface area contributed by atoms with Crippen molar-refractivity contribution in [2.75, 3.05) is 0 Å². The Kier molecular flexibility index (Phi) is 4.88. The summed E-state index contributed by atoms with van der Waals surface area (Å²) >= 11 is 0. The molecule has 0 heterocycles. The van der Waals surface area contributed by atoms with E-state index in [2.05, 4.69) is 47.9 Å². The Morgan fingerprint density at radius 1 is 0.629 bits per heavy atom. The molecule has 1 aliphatic carbocycles. The van der Waals surface area contributed by atoms with Gasteiger partial charge in [-0.05, 0) is 51.7 Å². The third kappa shape index (κ3) is 3.45. The van der Waals surface area contributed by atoms with Crippen molar-refractivity contribution < 1.29 is 9.53 Å². The third-order valence-corrected chi connectivity index (χ3v) is 6.36. The van der Waals surface area contributed by atoms with Gasteiger partial charge in [0, 0.05) is 34.7 Å². The predicted octanol–water partition coefficient (Wildman–Crippen LogP) is 6.56. The Bertz CT molecular complexity index is 1690. The molecule has 5 aromatic rings. The molecular formula is C33H20O2. The van der Waals surface area contributed by atoms with Crippen LogP contribution in [0.25, 0.3) is 21.5 Å². The number of hydrogen-bond donors (Lipinski definition) is 0. The number of hydrogen-bond acceptors (Lipinski definition) is 2.